The van der Waals surface area contributed by atoms with Crippen molar-refractivity contribution in [1.82, 2.24) is 0 Å². The Morgan fingerprint density at radius 2 is 1.57 bits per heavy atom. The van der Waals surface area contributed by atoms with Gasteiger partial charge in [0.1, 0.15) is 14.9 Å². The van der Waals surface area contributed by atoms with Gasteiger partial charge in [-0.2, -0.15) is 0 Å². The summed E-state index contributed by atoms with van der Waals surface area (Å²) < 4.78 is 14.5. The third-order valence-electron chi connectivity index (χ3n) is 5.15. The number of hydrogen-bond donors (Lipinski definition) is 0. The molecule has 0 atom stereocenters. The van der Waals surface area contributed by atoms with Crippen molar-refractivity contribution in [1.29, 1.82) is 0 Å². The van der Waals surface area contributed by atoms with Gasteiger partial charge in [0, 0.05) is 19.4 Å². The van der Waals surface area contributed by atoms with Gasteiger partial charge in [-0.25, -0.2) is 0 Å². The van der Waals surface area contributed by atoms with Gasteiger partial charge >= 0.3 is 0 Å². The molecule has 1 heterocycles. The Labute approximate surface area is 175 Å². The summed E-state index contributed by atoms with van der Waals surface area (Å²) in [5.74, 6) is 0. The molecule has 0 radical (unpaired) electrons. The smallest absolute Gasteiger partial charge is 0.147 e. The van der Waals surface area contributed by atoms with Crippen molar-refractivity contribution in [3.05, 3.63) is 60.2 Å². The number of hydrogen-bond acceptors (Lipinski definition) is 3. The first kappa shape index (κ1) is 21.5. The topological polar surface area (TPSA) is 18.5 Å². The van der Waals surface area contributed by atoms with E-state index >= 15 is 0 Å². The second-order valence-electron chi connectivity index (χ2n) is 9.12. The molecule has 5 heteroatoms. The van der Waals surface area contributed by atoms with E-state index in [0.717, 1.165) is 6.61 Å². The first-order valence-electron chi connectivity index (χ1n) is 10.0. The molecule has 0 aliphatic rings. The summed E-state index contributed by atoms with van der Waals surface area (Å²) in [5.41, 5.74) is 1.30. The van der Waals surface area contributed by atoms with E-state index in [2.05, 4.69) is 87.3 Å². The van der Waals surface area contributed by atoms with Crippen LogP contribution in [0.5, 0.6) is 0 Å². The minimum Gasteiger partial charge on any atom is -0.356 e. The van der Waals surface area contributed by atoms with Gasteiger partial charge < -0.3 is 9.47 Å². The Kier molecular flexibility index (Phi) is 6.94. The van der Waals surface area contributed by atoms with Crippen LogP contribution < -0.4 is 9.69 Å². The summed E-state index contributed by atoms with van der Waals surface area (Å²) in [7, 11) is -2.82. The number of fused-ring (bicyclic) bond motifs is 1. The summed E-state index contributed by atoms with van der Waals surface area (Å²) in [4.78, 5) is 0. The van der Waals surface area contributed by atoms with Crippen molar-refractivity contribution in [2.24, 2.45) is 0 Å². The quantitative estimate of drug-likeness (QED) is 0.253. The Morgan fingerprint density at radius 3 is 2.32 bits per heavy atom. The molecule has 2 nitrogen and oxygen atoms in total. The Bertz CT molecular complexity index is 879. The van der Waals surface area contributed by atoms with Gasteiger partial charge in [0.25, 0.3) is 0 Å². The third kappa shape index (κ3) is 5.42. The van der Waals surface area contributed by atoms with Crippen LogP contribution in [0.4, 0.5) is 0 Å². The van der Waals surface area contributed by atoms with Crippen molar-refractivity contribution in [3.63, 3.8) is 0 Å². The molecule has 0 unspecified atom stereocenters. The number of rotatable bonds is 9. The molecule has 1 aromatic heterocycles. The molecular formula is C23H32O2SSi2. The lowest BCUT2D eigenvalue weighted by Crippen LogP contribution is -2.53. The second-order valence-corrected chi connectivity index (χ2v) is 20.5. The fourth-order valence-electron chi connectivity index (χ4n) is 3.33. The predicted molar refractivity (Wildman–Crippen MR) is 129 cm³/mol. The van der Waals surface area contributed by atoms with E-state index in [9.17, 15) is 0 Å². The average molecular weight is 429 g/mol. The Hall–Kier alpha value is -1.25. The first-order valence-corrected chi connectivity index (χ1v) is 17.5. The number of benzene rings is 2. The number of thiophene rings is 1. The zero-order valence-corrected chi connectivity index (χ0v) is 20.6. The molecule has 0 fully saturated rings. The molecule has 0 N–H and O–H groups in total. The van der Waals surface area contributed by atoms with Crippen molar-refractivity contribution in [3.8, 4) is 0 Å². The van der Waals surface area contributed by atoms with Gasteiger partial charge in [-0.3, -0.25) is 0 Å². The summed E-state index contributed by atoms with van der Waals surface area (Å²) in [6.07, 6.45) is 0. The average Bonchev–Trinajstić information content (AvgIpc) is 3.09. The van der Waals surface area contributed by atoms with Crippen LogP contribution in [0.15, 0.2) is 54.6 Å². The molecule has 0 aliphatic heterocycles. The molecule has 0 spiro atoms. The lowest BCUT2D eigenvalue weighted by atomic mass is 10.2. The van der Waals surface area contributed by atoms with Crippen LogP contribution in [-0.2, 0) is 16.1 Å². The van der Waals surface area contributed by atoms with Crippen LogP contribution in [0.1, 0.15) is 5.56 Å². The second kappa shape index (κ2) is 9.05. The fraction of sp³-hybridized carbons (Fsp3) is 0.391. The third-order valence-corrected chi connectivity index (χ3v) is 12.8. The maximum absolute atomic E-state index is 5.88. The normalized spacial score (nSPS) is 12.6. The summed E-state index contributed by atoms with van der Waals surface area (Å²) in [6.45, 7) is 13.8. The minimum atomic E-state index is -1.78. The first-order chi connectivity index (χ1) is 13.3. The highest BCUT2D eigenvalue weighted by Crippen LogP contribution is 2.22. The van der Waals surface area contributed by atoms with Crippen molar-refractivity contribution in [2.45, 2.75) is 45.4 Å². The van der Waals surface area contributed by atoms with Gasteiger partial charge in [0.2, 0.25) is 0 Å². The molecule has 28 heavy (non-hydrogen) atoms. The summed E-state index contributed by atoms with van der Waals surface area (Å²) >= 11 is 1.95. The van der Waals surface area contributed by atoms with Crippen LogP contribution in [0.3, 0.4) is 0 Å². The molecule has 0 bridgehead atoms. The zero-order valence-electron chi connectivity index (χ0n) is 17.7. The van der Waals surface area contributed by atoms with E-state index in [4.69, 9.17) is 9.47 Å². The lowest BCUT2D eigenvalue weighted by molar-refractivity contribution is -0.0571. The van der Waals surface area contributed by atoms with Gasteiger partial charge in [-0.15, -0.1) is 11.3 Å². The Morgan fingerprint density at radius 1 is 0.857 bits per heavy atom. The number of ether oxygens (including phenoxy) is 2. The SMILES string of the molecule is C[Si](C)(C)CCOCOCc1ccccc1[Si](C)(C)c1cc2ccccc2s1. The molecule has 0 saturated heterocycles. The van der Waals surface area contributed by atoms with E-state index in [1.165, 1.54) is 31.4 Å². The highest BCUT2D eigenvalue weighted by molar-refractivity contribution is 7.33. The summed E-state index contributed by atoms with van der Waals surface area (Å²) in [6, 6.07) is 21.0. The van der Waals surface area contributed by atoms with E-state index in [1.807, 2.05) is 11.3 Å². The molecule has 0 aliphatic carbocycles. The van der Waals surface area contributed by atoms with Crippen LogP contribution in [-0.4, -0.2) is 29.5 Å². The van der Waals surface area contributed by atoms with Crippen LogP contribution in [0.25, 0.3) is 10.1 Å². The van der Waals surface area contributed by atoms with E-state index in [0.29, 0.717) is 13.4 Å². The molecule has 0 saturated carbocycles. The molecule has 150 valence electrons. The van der Waals surface area contributed by atoms with E-state index in [-0.39, 0.29) is 0 Å². The van der Waals surface area contributed by atoms with Gasteiger partial charge in [0.05, 0.1) is 6.61 Å². The van der Waals surface area contributed by atoms with Crippen LogP contribution in [0, 0.1) is 0 Å². The van der Waals surface area contributed by atoms with Crippen molar-refractivity contribution >= 4 is 47.3 Å². The van der Waals surface area contributed by atoms with Gasteiger partial charge in [-0.05, 0) is 38.8 Å². The van der Waals surface area contributed by atoms with Crippen LogP contribution in [0.2, 0.25) is 38.8 Å². The largest absolute Gasteiger partial charge is 0.356 e. The van der Waals surface area contributed by atoms with Gasteiger partial charge in [0.15, 0.2) is 0 Å². The van der Waals surface area contributed by atoms with Gasteiger partial charge in [-0.1, -0.05) is 75.2 Å². The molecule has 3 aromatic rings. The molecular weight excluding hydrogens is 396 g/mol. The van der Waals surface area contributed by atoms with Crippen molar-refractivity contribution in [2.75, 3.05) is 13.4 Å². The lowest BCUT2D eigenvalue weighted by Gasteiger charge is -2.24. The van der Waals surface area contributed by atoms with Crippen molar-refractivity contribution < 1.29 is 9.47 Å². The zero-order chi connectivity index (χ0) is 20.2. The van der Waals surface area contributed by atoms with E-state index < -0.39 is 16.1 Å². The summed E-state index contributed by atoms with van der Waals surface area (Å²) in [5, 5.41) is 2.82. The molecule has 2 aromatic carbocycles. The molecule has 3 rings (SSSR count). The fourth-order valence-corrected chi connectivity index (χ4v) is 8.83. The maximum Gasteiger partial charge on any atom is 0.147 e. The minimum absolute atomic E-state index is 0.379. The highest BCUT2D eigenvalue weighted by Gasteiger charge is 2.30. The molecule has 0 amide bonds. The highest BCUT2D eigenvalue weighted by atomic mass is 32.1. The van der Waals surface area contributed by atoms with E-state index in [1.54, 1.807) is 0 Å². The predicted octanol–water partition coefficient (Wildman–Crippen LogP) is 5.55. The standard InChI is InChI=1S/C23H32O2SSi2/c1-27(2,3)15-14-24-18-25-17-20-11-7-9-13-22(20)28(4,5)23-16-19-10-6-8-12-21(19)26-23/h6-13,16H,14-15,17-18H2,1-5H3. The maximum atomic E-state index is 5.88. The Balaban J connectivity index is 1.68. The van der Waals surface area contributed by atoms with Crippen LogP contribution >= 0.6 is 11.3 Å². The monoisotopic (exact) mass is 428 g/mol.